The zero-order valence-corrected chi connectivity index (χ0v) is 15.2. The number of aromatic hydroxyl groups is 1. The van der Waals surface area contributed by atoms with Crippen LogP contribution in [0.1, 0.15) is 36.9 Å². The minimum atomic E-state index is -0.719. The van der Waals surface area contributed by atoms with Crippen LogP contribution >= 0.6 is 0 Å². The van der Waals surface area contributed by atoms with Gasteiger partial charge in [-0.05, 0) is 37.5 Å². The van der Waals surface area contributed by atoms with Crippen LogP contribution < -0.4 is 5.43 Å². The van der Waals surface area contributed by atoms with Crippen molar-refractivity contribution in [2.24, 2.45) is 0 Å². The lowest BCUT2D eigenvalue weighted by molar-refractivity contribution is 0.239. The number of aromatic nitrogens is 4. The van der Waals surface area contributed by atoms with Crippen LogP contribution in [0, 0.1) is 6.92 Å². The van der Waals surface area contributed by atoms with E-state index < -0.39 is 16.9 Å². The van der Waals surface area contributed by atoms with Gasteiger partial charge in [-0.3, -0.25) is 9.48 Å². The number of hydrogen-bond acceptors (Lipinski definition) is 5. The standard InChI is InChI=1S/C20H22N4O3/c1-13-10-24(19-15(13)6-5-9-21-19)20(7-3-4-8-20)12-23-11-16(26)18(27)17(22-23)14(2)25/h5-6,9-11,25-26H,2-4,7-8,12H2,1H3. The third-order valence-electron chi connectivity index (χ3n) is 5.48. The molecule has 4 rings (SSSR count). The summed E-state index contributed by atoms with van der Waals surface area (Å²) in [5.74, 6) is -0.899. The predicted molar refractivity (Wildman–Crippen MR) is 103 cm³/mol. The minimum Gasteiger partial charge on any atom is -0.506 e. The van der Waals surface area contributed by atoms with Gasteiger partial charge in [0, 0.05) is 17.8 Å². The fourth-order valence-electron chi connectivity index (χ4n) is 4.19. The van der Waals surface area contributed by atoms with Gasteiger partial charge in [0.2, 0.25) is 0 Å². The van der Waals surface area contributed by atoms with Crippen molar-refractivity contribution in [3.63, 3.8) is 0 Å². The predicted octanol–water partition coefficient (Wildman–Crippen LogP) is 3.11. The minimum absolute atomic E-state index is 0.227. The van der Waals surface area contributed by atoms with Crippen molar-refractivity contribution >= 4 is 16.8 Å². The van der Waals surface area contributed by atoms with E-state index in [9.17, 15) is 15.0 Å². The molecular weight excluding hydrogens is 344 g/mol. The first-order chi connectivity index (χ1) is 12.9. The van der Waals surface area contributed by atoms with Gasteiger partial charge in [0.1, 0.15) is 11.4 Å². The van der Waals surface area contributed by atoms with Gasteiger partial charge in [-0.1, -0.05) is 19.4 Å². The Morgan fingerprint density at radius 2 is 2.07 bits per heavy atom. The van der Waals surface area contributed by atoms with E-state index in [-0.39, 0.29) is 11.2 Å². The molecule has 1 aliphatic rings. The Labute approximate surface area is 156 Å². The van der Waals surface area contributed by atoms with Gasteiger partial charge in [-0.15, -0.1) is 0 Å². The monoisotopic (exact) mass is 366 g/mol. The molecular formula is C20H22N4O3. The number of aryl methyl sites for hydroxylation is 1. The van der Waals surface area contributed by atoms with Crippen molar-refractivity contribution in [1.82, 2.24) is 19.3 Å². The quantitative estimate of drug-likeness (QED) is 0.692. The molecule has 2 N–H and O–H groups in total. The molecule has 1 fully saturated rings. The van der Waals surface area contributed by atoms with Crippen LogP contribution in [0.15, 0.2) is 42.1 Å². The number of nitrogens with zero attached hydrogens (tertiary/aromatic N) is 4. The molecule has 0 radical (unpaired) electrons. The molecule has 3 aromatic heterocycles. The zero-order valence-electron chi connectivity index (χ0n) is 15.2. The lowest BCUT2D eigenvalue weighted by atomic mass is 9.97. The molecule has 7 heteroatoms. The van der Waals surface area contributed by atoms with Crippen LogP contribution in [0.4, 0.5) is 0 Å². The highest BCUT2D eigenvalue weighted by Gasteiger charge is 2.38. The summed E-state index contributed by atoms with van der Waals surface area (Å²) in [7, 11) is 0. The average molecular weight is 366 g/mol. The third kappa shape index (κ3) is 2.79. The summed E-state index contributed by atoms with van der Waals surface area (Å²) < 4.78 is 3.75. The molecule has 3 heterocycles. The maximum atomic E-state index is 12.0. The number of rotatable bonds is 4. The average Bonchev–Trinajstić information content (AvgIpc) is 3.24. The number of aliphatic hydroxyl groups is 1. The molecule has 140 valence electrons. The van der Waals surface area contributed by atoms with E-state index in [0.717, 1.165) is 42.3 Å². The van der Waals surface area contributed by atoms with Crippen LogP contribution in [-0.4, -0.2) is 29.5 Å². The molecule has 0 spiro atoms. The van der Waals surface area contributed by atoms with Crippen LogP contribution in [0.25, 0.3) is 16.8 Å². The molecule has 3 aromatic rings. The molecule has 7 nitrogen and oxygen atoms in total. The Morgan fingerprint density at radius 1 is 1.33 bits per heavy atom. The van der Waals surface area contributed by atoms with Crippen molar-refractivity contribution < 1.29 is 10.2 Å². The first-order valence-corrected chi connectivity index (χ1v) is 9.03. The van der Waals surface area contributed by atoms with Gasteiger partial charge in [-0.25, -0.2) is 4.98 Å². The van der Waals surface area contributed by atoms with Gasteiger partial charge < -0.3 is 14.8 Å². The van der Waals surface area contributed by atoms with Gasteiger partial charge in [-0.2, -0.15) is 5.10 Å². The second-order valence-electron chi connectivity index (χ2n) is 7.32. The normalized spacial score (nSPS) is 16.0. The number of aliphatic hydroxyl groups excluding tert-OH is 1. The van der Waals surface area contributed by atoms with E-state index in [2.05, 4.69) is 40.4 Å². The first kappa shape index (κ1) is 17.3. The fraction of sp³-hybridized carbons (Fsp3) is 0.350. The Kier molecular flexibility index (Phi) is 4.02. The second kappa shape index (κ2) is 6.26. The van der Waals surface area contributed by atoms with Crippen molar-refractivity contribution in [1.29, 1.82) is 0 Å². The van der Waals surface area contributed by atoms with E-state index in [1.54, 1.807) is 6.20 Å². The van der Waals surface area contributed by atoms with E-state index in [1.807, 2.05) is 6.07 Å². The second-order valence-corrected chi connectivity index (χ2v) is 7.32. The van der Waals surface area contributed by atoms with Gasteiger partial charge in [0.15, 0.2) is 11.4 Å². The number of fused-ring (bicyclic) bond motifs is 1. The van der Waals surface area contributed by atoms with E-state index >= 15 is 0 Å². The summed E-state index contributed by atoms with van der Waals surface area (Å²) in [6.07, 6.45) is 9.28. The SMILES string of the molecule is C=C(O)c1nn(CC2(n3cc(C)c4cccnc43)CCCC2)cc(O)c1=O. The van der Waals surface area contributed by atoms with Crippen LogP contribution in [0.3, 0.4) is 0 Å². The topological polar surface area (TPSA) is 93.2 Å². The lowest BCUT2D eigenvalue weighted by Crippen LogP contribution is -2.36. The Balaban J connectivity index is 1.84. The van der Waals surface area contributed by atoms with Gasteiger partial charge in [0.25, 0.3) is 5.43 Å². The molecule has 1 saturated carbocycles. The van der Waals surface area contributed by atoms with Crippen molar-refractivity contribution in [3.8, 4) is 5.75 Å². The molecule has 0 saturated heterocycles. The van der Waals surface area contributed by atoms with Crippen molar-refractivity contribution in [3.05, 3.63) is 58.8 Å². The maximum Gasteiger partial charge on any atom is 0.252 e. The number of hydrogen-bond donors (Lipinski definition) is 2. The van der Waals surface area contributed by atoms with Crippen molar-refractivity contribution in [2.45, 2.75) is 44.7 Å². The summed E-state index contributed by atoms with van der Waals surface area (Å²) in [6, 6.07) is 4.00. The van der Waals surface area contributed by atoms with Crippen LogP contribution in [0.2, 0.25) is 0 Å². The maximum absolute atomic E-state index is 12.0. The van der Waals surface area contributed by atoms with Crippen molar-refractivity contribution in [2.75, 3.05) is 0 Å². The highest BCUT2D eigenvalue weighted by molar-refractivity contribution is 5.80. The Bertz CT molecular complexity index is 1090. The highest BCUT2D eigenvalue weighted by Crippen LogP contribution is 2.40. The van der Waals surface area contributed by atoms with E-state index in [4.69, 9.17) is 0 Å². The zero-order chi connectivity index (χ0) is 19.2. The van der Waals surface area contributed by atoms with E-state index in [0.29, 0.717) is 6.54 Å². The molecule has 0 amide bonds. The summed E-state index contributed by atoms with van der Waals surface area (Å²) in [5, 5.41) is 25.0. The first-order valence-electron chi connectivity index (χ1n) is 9.03. The summed E-state index contributed by atoms with van der Waals surface area (Å²) in [4.78, 5) is 16.6. The Morgan fingerprint density at radius 3 is 2.78 bits per heavy atom. The molecule has 0 unspecified atom stereocenters. The molecule has 0 bridgehead atoms. The summed E-state index contributed by atoms with van der Waals surface area (Å²) in [5.41, 5.74) is 0.875. The lowest BCUT2D eigenvalue weighted by Gasteiger charge is -2.32. The van der Waals surface area contributed by atoms with E-state index in [1.165, 1.54) is 10.9 Å². The summed E-state index contributed by atoms with van der Waals surface area (Å²) in [6.45, 7) is 5.90. The summed E-state index contributed by atoms with van der Waals surface area (Å²) >= 11 is 0. The number of pyridine rings is 1. The molecule has 0 aromatic carbocycles. The fourth-order valence-corrected chi connectivity index (χ4v) is 4.19. The van der Waals surface area contributed by atoms with Crippen LogP contribution in [-0.2, 0) is 12.1 Å². The molecule has 1 aliphatic carbocycles. The molecule has 0 aliphatic heterocycles. The smallest absolute Gasteiger partial charge is 0.252 e. The highest BCUT2D eigenvalue weighted by atomic mass is 16.3. The van der Waals surface area contributed by atoms with Gasteiger partial charge in [0.05, 0.1) is 18.3 Å². The van der Waals surface area contributed by atoms with Gasteiger partial charge >= 0.3 is 0 Å². The third-order valence-corrected chi connectivity index (χ3v) is 5.48. The van der Waals surface area contributed by atoms with Crippen LogP contribution in [0.5, 0.6) is 5.75 Å². The Hall–Kier alpha value is -3.09. The molecule has 0 atom stereocenters. The largest absolute Gasteiger partial charge is 0.506 e. The molecule has 27 heavy (non-hydrogen) atoms.